The first-order valence-electron chi connectivity index (χ1n) is 6.63. The third kappa shape index (κ3) is 2.89. The van der Waals surface area contributed by atoms with E-state index in [-0.39, 0.29) is 5.54 Å². The maximum atomic E-state index is 4.37. The van der Waals surface area contributed by atoms with Gasteiger partial charge in [0.25, 0.3) is 0 Å². The van der Waals surface area contributed by atoms with Crippen LogP contribution in [0.25, 0.3) is 0 Å². The number of hydrogen-bond acceptors (Lipinski definition) is 2. The lowest BCUT2D eigenvalue weighted by atomic mass is 9.87. The van der Waals surface area contributed by atoms with E-state index in [1.165, 1.54) is 18.5 Å². The van der Waals surface area contributed by atoms with Gasteiger partial charge in [-0.2, -0.15) is 0 Å². The smallest absolute Gasteiger partial charge is 0.0953 e. The van der Waals surface area contributed by atoms with E-state index in [1.807, 2.05) is 12.5 Å². The van der Waals surface area contributed by atoms with E-state index < -0.39 is 0 Å². The third-order valence-electron chi connectivity index (χ3n) is 3.69. The minimum Gasteiger partial charge on any atom is -0.329 e. The Morgan fingerprint density at radius 3 is 2.59 bits per heavy atom. The largest absolute Gasteiger partial charge is 0.329 e. The van der Waals surface area contributed by atoms with Crippen molar-refractivity contribution in [2.24, 2.45) is 5.41 Å². The summed E-state index contributed by atoms with van der Waals surface area (Å²) in [6.07, 6.45) is 7.54. The van der Waals surface area contributed by atoms with Crippen molar-refractivity contribution in [3.63, 3.8) is 0 Å². The molecular weight excluding hydrogens is 210 g/mol. The standard InChI is InChI=1S/C14H25N3/c1-13(2,3)9-12-10-16-11-17(12)14(4)5-7-15-8-6-14/h10-11,15H,5-9H2,1-4H3. The Bertz CT molecular complexity index is 367. The minimum absolute atomic E-state index is 0.252. The molecule has 1 aromatic heterocycles. The summed E-state index contributed by atoms with van der Waals surface area (Å²) in [5.41, 5.74) is 1.95. The highest BCUT2D eigenvalue weighted by Gasteiger charge is 2.30. The molecule has 0 aromatic carbocycles. The van der Waals surface area contributed by atoms with Crippen LogP contribution in [0.1, 0.15) is 46.2 Å². The molecular formula is C14H25N3. The number of nitrogens with zero attached hydrogens (tertiary/aromatic N) is 2. The molecule has 0 spiro atoms. The van der Waals surface area contributed by atoms with Gasteiger partial charge < -0.3 is 9.88 Å². The second-order valence-electron chi connectivity index (χ2n) is 6.74. The van der Waals surface area contributed by atoms with Crippen molar-refractivity contribution in [3.05, 3.63) is 18.2 Å². The highest BCUT2D eigenvalue weighted by Crippen LogP contribution is 2.30. The molecule has 1 aliphatic heterocycles. The van der Waals surface area contributed by atoms with E-state index in [2.05, 4.69) is 42.6 Å². The molecule has 1 N–H and O–H groups in total. The zero-order valence-corrected chi connectivity index (χ0v) is 11.6. The van der Waals surface area contributed by atoms with Crippen LogP contribution in [0.4, 0.5) is 0 Å². The summed E-state index contributed by atoms with van der Waals surface area (Å²) in [5, 5.41) is 3.44. The van der Waals surface area contributed by atoms with E-state index in [0.717, 1.165) is 19.5 Å². The zero-order valence-electron chi connectivity index (χ0n) is 11.6. The molecule has 0 saturated carbocycles. The summed E-state index contributed by atoms with van der Waals surface area (Å²) >= 11 is 0. The third-order valence-corrected chi connectivity index (χ3v) is 3.69. The van der Waals surface area contributed by atoms with Crippen LogP contribution < -0.4 is 5.32 Å². The van der Waals surface area contributed by atoms with Crippen LogP contribution in [0, 0.1) is 5.41 Å². The molecule has 0 radical (unpaired) electrons. The molecule has 17 heavy (non-hydrogen) atoms. The fourth-order valence-electron chi connectivity index (χ4n) is 2.69. The van der Waals surface area contributed by atoms with Crippen molar-refractivity contribution in [3.8, 4) is 0 Å². The number of aromatic nitrogens is 2. The fourth-order valence-corrected chi connectivity index (χ4v) is 2.69. The quantitative estimate of drug-likeness (QED) is 0.854. The van der Waals surface area contributed by atoms with Crippen LogP contribution in [0.15, 0.2) is 12.5 Å². The van der Waals surface area contributed by atoms with Crippen LogP contribution in [0.5, 0.6) is 0 Å². The Morgan fingerprint density at radius 1 is 1.35 bits per heavy atom. The predicted octanol–water partition coefficient (Wildman–Crippen LogP) is 2.57. The number of nitrogens with one attached hydrogen (secondary N) is 1. The number of piperidine rings is 1. The molecule has 0 unspecified atom stereocenters. The molecule has 2 heterocycles. The second kappa shape index (κ2) is 4.45. The van der Waals surface area contributed by atoms with Gasteiger partial charge in [-0.05, 0) is 44.7 Å². The second-order valence-corrected chi connectivity index (χ2v) is 6.74. The minimum atomic E-state index is 0.252. The average Bonchev–Trinajstić information content (AvgIpc) is 2.65. The van der Waals surface area contributed by atoms with Gasteiger partial charge in [0.05, 0.1) is 6.33 Å². The predicted molar refractivity (Wildman–Crippen MR) is 71.1 cm³/mol. The molecule has 0 bridgehead atoms. The van der Waals surface area contributed by atoms with E-state index in [0.29, 0.717) is 5.41 Å². The van der Waals surface area contributed by atoms with Gasteiger partial charge in [-0.25, -0.2) is 4.98 Å². The van der Waals surface area contributed by atoms with Gasteiger partial charge in [-0.15, -0.1) is 0 Å². The lowest BCUT2D eigenvalue weighted by Gasteiger charge is -2.37. The molecule has 0 aliphatic carbocycles. The van der Waals surface area contributed by atoms with Gasteiger partial charge >= 0.3 is 0 Å². The number of hydrogen-bond donors (Lipinski definition) is 1. The van der Waals surface area contributed by atoms with Crippen LogP contribution in [-0.2, 0) is 12.0 Å². The zero-order chi connectivity index (χ0) is 12.5. The lowest BCUT2D eigenvalue weighted by molar-refractivity contribution is 0.221. The number of imidazole rings is 1. The molecule has 3 heteroatoms. The Kier molecular flexibility index (Phi) is 3.30. The first kappa shape index (κ1) is 12.6. The summed E-state index contributed by atoms with van der Waals surface area (Å²) in [6.45, 7) is 11.5. The number of rotatable bonds is 2. The molecule has 0 amide bonds. The summed E-state index contributed by atoms with van der Waals surface area (Å²) in [7, 11) is 0. The van der Waals surface area contributed by atoms with E-state index in [9.17, 15) is 0 Å². The molecule has 1 aromatic rings. The Hall–Kier alpha value is -0.830. The summed E-state index contributed by atoms with van der Waals surface area (Å²) < 4.78 is 2.42. The topological polar surface area (TPSA) is 29.9 Å². The average molecular weight is 235 g/mol. The normalized spacial score (nSPS) is 20.5. The van der Waals surface area contributed by atoms with Gasteiger partial charge in [0.1, 0.15) is 0 Å². The van der Waals surface area contributed by atoms with Crippen molar-refractivity contribution in [2.75, 3.05) is 13.1 Å². The van der Waals surface area contributed by atoms with Crippen LogP contribution in [-0.4, -0.2) is 22.6 Å². The summed E-state index contributed by atoms with van der Waals surface area (Å²) in [5.74, 6) is 0. The molecule has 1 fully saturated rings. The van der Waals surface area contributed by atoms with Crippen LogP contribution >= 0.6 is 0 Å². The monoisotopic (exact) mass is 235 g/mol. The molecule has 3 nitrogen and oxygen atoms in total. The Morgan fingerprint density at radius 2 is 2.00 bits per heavy atom. The molecule has 1 saturated heterocycles. The summed E-state index contributed by atoms with van der Waals surface area (Å²) in [4.78, 5) is 4.37. The van der Waals surface area contributed by atoms with Crippen molar-refractivity contribution < 1.29 is 0 Å². The first-order chi connectivity index (χ1) is 7.91. The van der Waals surface area contributed by atoms with Crippen molar-refractivity contribution in [1.82, 2.24) is 14.9 Å². The van der Waals surface area contributed by atoms with Gasteiger partial charge in [0.2, 0.25) is 0 Å². The van der Waals surface area contributed by atoms with Crippen molar-refractivity contribution >= 4 is 0 Å². The SMILES string of the molecule is CC(C)(C)Cc1cncn1C1(C)CCNCC1. The van der Waals surface area contributed by atoms with Crippen LogP contribution in [0.2, 0.25) is 0 Å². The first-order valence-corrected chi connectivity index (χ1v) is 6.63. The molecule has 96 valence electrons. The van der Waals surface area contributed by atoms with E-state index in [1.54, 1.807) is 0 Å². The van der Waals surface area contributed by atoms with Crippen molar-refractivity contribution in [1.29, 1.82) is 0 Å². The van der Waals surface area contributed by atoms with Crippen LogP contribution in [0.3, 0.4) is 0 Å². The molecule has 1 aliphatic rings. The van der Waals surface area contributed by atoms with Gasteiger partial charge in [-0.1, -0.05) is 20.8 Å². The lowest BCUT2D eigenvalue weighted by Crippen LogP contribution is -2.42. The maximum Gasteiger partial charge on any atom is 0.0953 e. The Balaban J connectivity index is 2.23. The maximum absolute atomic E-state index is 4.37. The summed E-state index contributed by atoms with van der Waals surface area (Å²) in [6, 6.07) is 0. The fraction of sp³-hybridized carbons (Fsp3) is 0.786. The van der Waals surface area contributed by atoms with Gasteiger partial charge in [-0.3, -0.25) is 0 Å². The van der Waals surface area contributed by atoms with E-state index in [4.69, 9.17) is 0 Å². The van der Waals surface area contributed by atoms with Crippen molar-refractivity contribution in [2.45, 2.75) is 52.5 Å². The van der Waals surface area contributed by atoms with E-state index >= 15 is 0 Å². The Labute approximate surface area is 105 Å². The molecule has 2 rings (SSSR count). The van der Waals surface area contributed by atoms with Gasteiger partial charge in [0, 0.05) is 17.4 Å². The molecule has 0 atom stereocenters. The van der Waals surface area contributed by atoms with Gasteiger partial charge in [0.15, 0.2) is 0 Å². The highest BCUT2D eigenvalue weighted by molar-refractivity contribution is 5.07. The highest BCUT2D eigenvalue weighted by atomic mass is 15.1.